The van der Waals surface area contributed by atoms with Crippen LogP contribution >= 0.6 is 11.6 Å². The van der Waals surface area contributed by atoms with Crippen molar-refractivity contribution in [2.75, 3.05) is 11.9 Å². The smallest absolute Gasteiger partial charge is 0.331 e. The number of hydrogen-bond acceptors (Lipinski definition) is 5. The number of carbonyl (C=O) groups is 2. The Hall–Kier alpha value is -3.77. The molecule has 1 N–H and O–H groups in total. The van der Waals surface area contributed by atoms with E-state index in [0.717, 1.165) is 11.1 Å². The van der Waals surface area contributed by atoms with Crippen LogP contribution in [-0.4, -0.2) is 24.6 Å². The number of hydrogen-bond donors (Lipinski definition) is 1. The predicted molar refractivity (Wildman–Crippen MR) is 133 cm³/mol. The highest BCUT2D eigenvalue weighted by Crippen LogP contribution is 2.24. The fraction of sp³-hybridized carbons (Fsp3) is 0.185. The van der Waals surface area contributed by atoms with Gasteiger partial charge >= 0.3 is 5.97 Å². The number of esters is 1. The lowest BCUT2D eigenvalue weighted by Crippen LogP contribution is -2.29. The second kappa shape index (κ2) is 12.5. The number of nitrogens with one attached hydrogen (secondary N) is 1. The first-order valence-electron chi connectivity index (χ1n) is 10.8. The first-order chi connectivity index (χ1) is 16.5. The van der Waals surface area contributed by atoms with Crippen LogP contribution in [0.5, 0.6) is 11.5 Å². The molecule has 1 unspecified atom stereocenters. The van der Waals surface area contributed by atoms with Crippen LogP contribution in [0.4, 0.5) is 5.69 Å². The number of halogens is 1. The van der Waals surface area contributed by atoms with Gasteiger partial charge in [-0.25, -0.2) is 4.79 Å². The van der Waals surface area contributed by atoms with E-state index in [1.807, 2.05) is 49.4 Å². The molecule has 0 radical (unpaired) electrons. The number of benzene rings is 3. The maximum atomic E-state index is 12.4. The minimum atomic E-state index is -0.979. The van der Waals surface area contributed by atoms with E-state index >= 15 is 0 Å². The highest BCUT2D eigenvalue weighted by atomic mass is 35.5. The Morgan fingerprint density at radius 2 is 1.68 bits per heavy atom. The molecule has 0 aliphatic heterocycles. The Balaban J connectivity index is 1.49. The van der Waals surface area contributed by atoms with Gasteiger partial charge in [-0.3, -0.25) is 4.79 Å². The summed E-state index contributed by atoms with van der Waals surface area (Å²) < 4.78 is 16.5. The largest absolute Gasteiger partial charge is 0.492 e. The first kappa shape index (κ1) is 24.9. The molecule has 0 saturated heterocycles. The van der Waals surface area contributed by atoms with Crippen molar-refractivity contribution >= 4 is 35.2 Å². The van der Waals surface area contributed by atoms with E-state index in [2.05, 4.69) is 5.32 Å². The van der Waals surface area contributed by atoms with E-state index in [1.54, 1.807) is 36.4 Å². The van der Waals surface area contributed by atoms with Crippen molar-refractivity contribution in [1.82, 2.24) is 0 Å². The third-order valence-electron chi connectivity index (χ3n) is 4.75. The van der Waals surface area contributed by atoms with Gasteiger partial charge in [0.15, 0.2) is 6.10 Å². The van der Waals surface area contributed by atoms with E-state index in [9.17, 15) is 9.59 Å². The fourth-order valence-corrected chi connectivity index (χ4v) is 3.16. The van der Waals surface area contributed by atoms with E-state index < -0.39 is 18.0 Å². The second-order valence-corrected chi connectivity index (χ2v) is 7.69. The summed E-state index contributed by atoms with van der Waals surface area (Å²) in [4.78, 5) is 24.6. The van der Waals surface area contributed by atoms with Crippen molar-refractivity contribution < 1.29 is 23.8 Å². The van der Waals surface area contributed by atoms with Gasteiger partial charge in [0.25, 0.3) is 5.91 Å². The Bertz CT molecular complexity index is 1140. The molecule has 0 heterocycles. The van der Waals surface area contributed by atoms with Crippen molar-refractivity contribution in [2.24, 2.45) is 0 Å². The monoisotopic (exact) mass is 479 g/mol. The molecule has 0 spiro atoms. The SMILES string of the molecule is CCOc1ccccc1NC(=O)C(C)OC(=O)/C=C/c1ccc(OCc2ccccc2Cl)cc1. The number of anilines is 1. The standard InChI is InChI=1S/C27H26ClNO5/c1-3-32-25-11-7-6-10-24(25)29-27(31)19(2)34-26(30)17-14-20-12-15-22(16-13-20)33-18-21-8-4-5-9-23(21)28/h4-17,19H,3,18H2,1-2H3,(H,29,31)/b17-14+. The summed E-state index contributed by atoms with van der Waals surface area (Å²) in [5.41, 5.74) is 2.20. The van der Waals surface area contributed by atoms with Crippen molar-refractivity contribution in [3.05, 3.63) is 95.0 Å². The number of carbonyl (C=O) groups excluding carboxylic acids is 2. The summed E-state index contributed by atoms with van der Waals surface area (Å²) in [6.07, 6.45) is 1.90. The molecule has 0 bridgehead atoms. The summed E-state index contributed by atoms with van der Waals surface area (Å²) in [6.45, 7) is 4.19. The van der Waals surface area contributed by atoms with Gasteiger partial charge < -0.3 is 19.5 Å². The lowest BCUT2D eigenvalue weighted by atomic mass is 10.2. The van der Waals surface area contributed by atoms with E-state index in [1.165, 1.54) is 13.0 Å². The van der Waals surface area contributed by atoms with Crippen LogP contribution in [0, 0.1) is 0 Å². The van der Waals surface area contributed by atoms with Crippen molar-refractivity contribution in [1.29, 1.82) is 0 Å². The zero-order valence-electron chi connectivity index (χ0n) is 19.0. The number of rotatable bonds is 10. The van der Waals surface area contributed by atoms with Gasteiger partial charge in [-0.15, -0.1) is 0 Å². The van der Waals surface area contributed by atoms with Crippen LogP contribution in [0.1, 0.15) is 25.0 Å². The van der Waals surface area contributed by atoms with Crippen LogP contribution in [0.2, 0.25) is 5.02 Å². The first-order valence-corrected chi connectivity index (χ1v) is 11.2. The molecule has 0 aromatic heterocycles. The lowest BCUT2D eigenvalue weighted by Gasteiger charge is -2.15. The minimum Gasteiger partial charge on any atom is -0.492 e. The fourth-order valence-electron chi connectivity index (χ4n) is 2.97. The van der Waals surface area contributed by atoms with Crippen molar-refractivity contribution in [3.8, 4) is 11.5 Å². The second-order valence-electron chi connectivity index (χ2n) is 7.28. The van der Waals surface area contributed by atoms with Gasteiger partial charge in [0.1, 0.15) is 18.1 Å². The van der Waals surface area contributed by atoms with E-state index in [0.29, 0.717) is 35.4 Å². The molecule has 34 heavy (non-hydrogen) atoms. The molecule has 3 rings (SSSR count). The Morgan fingerprint density at radius 1 is 0.971 bits per heavy atom. The topological polar surface area (TPSA) is 73.9 Å². The highest BCUT2D eigenvalue weighted by molar-refractivity contribution is 6.31. The van der Waals surface area contributed by atoms with Crippen molar-refractivity contribution in [3.63, 3.8) is 0 Å². The normalized spacial score (nSPS) is 11.6. The van der Waals surface area contributed by atoms with E-state index in [4.69, 9.17) is 25.8 Å². The molecule has 0 saturated carbocycles. The molecule has 0 aliphatic rings. The van der Waals surface area contributed by atoms with Crippen molar-refractivity contribution in [2.45, 2.75) is 26.6 Å². The Kier molecular flexibility index (Phi) is 9.12. The summed E-state index contributed by atoms with van der Waals surface area (Å²) in [6, 6.07) is 21.8. The van der Waals surface area contributed by atoms with Gasteiger partial charge in [0.05, 0.1) is 12.3 Å². The molecular formula is C27H26ClNO5. The van der Waals surface area contributed by atoms with Crippen LogP contribution in [0.25, 0.3) is 6.08 Å². The average Bonchev–Trinajstić information content (AvgIpc) is 2.84. The van der Waals surface area contributed by atoms with Gasteiger partial charge in [-0.1, -0.05) is 54.1 Å². The van der Waals surface area contributed by atoms with E-state index in [-0.39, 0.29) is 0 Å². The molecule has 3 aromatic carbocycles. The van der Waals surface area contributed by atoms with Crippen LogP contribution in [-0.2, 0) is 20.9 Å². The zero-order valence-corrected chi connectivity index (χ0v) is 19.7. The molecule has 1 amide bonds. The van der Waals surface area contributed by atoms with Crippen LogP contribution < -0.4 is 14.8 Å². The zero-order chi connectivity index (χ0) is 24.3. The third kappa shape index (κ3) is 7.39. The number of amides is 1. The molecule has 3 aromatic rings. The predicted octanol–water partition coefficient (Wildman–Crippen LogP) is 5.90. The van der Waals surface area contributed by atoms with Gasteiger partial charge in [0, 0.05) is 16.7 Å². The van der Waals surface area contributed by atoms with Gasteiger partial charge in [-0.2, -0.15) is 0 Å². The Labute approximate surface area is 204 Å². The Morgan fingerprint density at radius 3 is 2.41 bits per heavy atom. The summed E-state index contributed by atoms with van der Waals surface area (Å²) in [5.74, 6) is 0.155. The average molecular weight is 480 g/mol. The molecular weight excluding hydrogens is 454 g/mol. The van der Waals surface area contributed by atoms with Crippen LogP contribution in [0.15, 0.2) is 78.9 Å². The molecule has 1 atom stereocenters. The molecule has 0 aliphatic carbocycles. The maximum absolute atomic E-state index is 12.4. The number of para-hydroxylation sites is 2. The highest BCUT2D eigenvalue weighted by Gasteiger charge is 2.18. The summed E-state index contributed by atoms with van der Waals surface area (Å²) in [5, 5.41) is 3.37. The summed E-state index contributed by atoms with van der Waals surface area (Å²) in [7, 11) is 0. The molecule has 6 nitrogen and oxygen atoms in total. The third-order valence-corrected chi connectivity index (χ3v) is 5.12. The maximum Gasteiger partial charge on any atom is 0.331 e. The van der Waals surface area contributed by atoms with Gasteiger partial charge in [0.2, 0.25) is 0 Å². The molecule has 176 valence electrons. The quantitative estimate of drug-likeness (QED) is 0.289. The molecule has 7 heteroatoms. The molecule has 0 fully saturated rings. The van der Waals surface area contributed by atoms with Gasteiger partial charge in [-0.05, 0) is 55.8 Å². The number of ether oxygens (including phenoxy) is 3. The summed E-state index contributed by atoms with van der Waals surface area (Å²) >= 11 is 6.14. The van der Waals surface area contributed by atoms with Crippen LogP contribution in [0.3, 0.4) is 0 Å². The lowest BCUT2D eigenvalue weighted by molar-refractivity contribution is -0.148. The minimum absolute atomic E-state index is 0.357.